The Morgan fingerprint density at radius 2 is 1.75 bits per heavy atom. The van der Waals surface area contributed by atoms with Crippen molar-refractivity contribution < 1.29 is 28.2 Å². The number of benzene rings is 2. The average molecular weight is 500 g/mol. The van der Waals surface area contributed by atoms with Crippen molar-refractivity contribution in [1.82, 2.24) is 9.80 Å². The number of fused-ring (bicyclic) bond motifs is 1. The summed E-state index contributed by atoms with van der Waals surface area (Å²) in [5.74, 6) is -0.317. The van der Waals surface area contributed by atoms with Gasteiger partial charge in [0.2, 0.25) is 0 Å². The smallest absolute Gasteiger partial charge is 0.414 e. The highest BCUT2D eigenvalue weighted by molar-refractivity contribution is 6.06. The Morgan fingerprint density at radius 3 is 2.33 bits per heavy atom. The Kier molecular flexibility index (Phi) is 7.91. The van der Waals surface area contributed by atoms with Crippen molar-refractivity contribution in [3.63, 3.8) is 0 Å². The van der Waals surface area contributed by atoms with Gasteiger partial charge >= 0.3 is 6.09 Å². The number of nitrogens with zero attached hydrogens (tertiary/aromatic N) is 2. The molecule has 194 valence electrons. The van der Waals surface area contributed by atoms with Gasteiger partial charge in [0.05, 0.1) is 25.3 Å². The normalized spacial score (nSPS) is 12.9. The van der Waals surface area contributed by atoms with Crippen molar-refractivity contribution in [2.45, 2.75) is 46.6 Å². The predicted molar refractivity (Wildman–Crippen MR) is 135 cm³/mol. The molecule has 1 heterocycles. The number of halogens is 1. The molecule has 0 bridgehead atoms. The summed E-state index contributed by atoms with van der Waals surface area (Å²) in [6, 6.07) is 6.61. The number of amides is 1. The first-order chi connectivity index (χ1) is 16.9. The van der Waals surface area contributed by atoms with Gasteiger partial charge in [-0.3, -0.25) is 10.2 Å². The van der Waals surface area contributed by atoms with Crippen LogP contribution in [0.1, 0.15) is 61.7 Å². The number of amidine groups is 1. The van der Waals surface area contributed by atoms with Crippen LogP contribution >= 0.6 is 0 Å². The van der Waals surface area contributed by atoms with Gasteiger partial charge < -0.3 is 24.0 Å². The Morgan fingerprint density at radius 1 is 1.08 bits per heavy atom. The third-order valence-corrected chi connectivity index (χ3v) is 5.78. The van der Waals surface area contributed by atoms with E-state index >= 15 is 4.39 Å². The molecule has 3 rings (SSSR count). The van der Waals surface area contributed by atoms with Crippen LogP contribution in [0.3, 0.4) is 0 Å². The van der Waals surface area contributed by atoms with Crippen LogP contribution in [0, 0.1) is 11.2 Å². The minimum atomic E-state index is -0.653. The molecule has 0 saturated carbocycles. The Balaban J connectivity index is 1.88. The summed E-state index contributed by atoms with van der Waals surface area (Å²) in [4.78, 5) is 28.2. The summed E-state index contributed by atoms with van der Waals surface area (Å²) >= 11 is 0. The number of rotatable bonds is 8. The topological polar surface area (TPSA) is 92.2 Å². The summed E-state index contributed by atoms with van der Waals surface area (Å²) in [7, 11) is 3.19. The molecule has 0 aliphatic carbocycles. The lowest BCUT2D eigenvalue weighted by atomic mass is 9.85. The standard InChI is InChI=1S/C27H34FN3O5/c1-8-34-21-13-17-14-31(25(29)22(17)23(28)24(21)35-9-2)15-19(32)16-10-11-20(36-26(33)30(6)7)18(12-16)27(3,4)5/h10-13,29H,8-9,14-15H2,1-7H3. The molecule has 1 aliphatic rings. The van der Waals surface area contributed by atoms with E-state index in [-0.39, 0.29) is 48.4 Å². The molecule has 8 nitrogen and oxygen atoms in total. The van der Waals surface area contributed by atoms with Gasteiger partial charge in [-0.2, -0.15) is 0 Å². The van der Waals surface area contributed by atoms with Gasteiger partial charge in [-0.25, -0.2) is 9.18 Å². The fourth-order valence-corrected chi connectivity index (χ4v) is 3.99. The molecular weight excluding hydrogens is 465 g/mol. The van der Waals surface area contributed by atoms with Gasteiger partial charge in [0, 0.05) is 31.8 Å². The summed E-state index contributed by atoms with van der Waals surface area (Å²) in [5.41, 5.74) is 1.41. The SMILES string of the molecule is CCOc1cc2c(c(F)c1OCC)C(=N)N(CC(=O)c1ccc(OC(=O)N(C)C)c(C(C)(C)C)c1)C2. The second kappa shape index (κ2) is 10.6. The number of ether oxygens (including phenoxy) is 3. The highest BCUT2D eigenvalue weighted by Gasteiger charge is 2.33. The molecule has 0 unspecified atom stereocenters. The molecule has 0 spiro atoms. The van der Waals surface area contributed by atoms with E-state index in [9.17, 15) is 9.59 Å². The lowest BCUT2D eigenvalue weighted by molar-refractivity contribution is 0.0962. The van der Waals surface area contributed by atoms with Gasteiger partial charge in [0.25, 0.3) is 0 Å². The molecule has 0 fully saturated rings. The first-order valence-electron chi connectivity index (χ1n) is 11.9. The van der Waals surface area contributed by atoms with E-state index in [1.165, 1.54) is 9.80 Å². The summed E-state index contributed by atoms with van der Waals surface area (Å²) in [5, 5.41) is 8.55. The van der Waals surface area contributed by atoms with Crippen molar-refractivity contribution in [2.75, 3.05) is 33.9 Å². The van der Waals surface area contributed by atoms with Crippen LogP contribution in [-0.4, -0.2) is 61.4 Å². The van der Waals surface area contributed by atoms with Gasteiger partial charge in [-0.15, -0.1) is 0 Å². The Labute approximate surface area is 211 Å². The van der Waals surface area contributed by atoms with E-state index in [2.05, 4.69) is 0 Å². The van der Waals surface area contributed by atoms with Crippen molar-refractivity contribution >= 4 is 17.7 Å². The fraction of sp³-hybridized carbons (Fsp3) is 0.444. The number of nitrogens with one attached hydrogen (secondary N) is 1. The third-order valence-electron chi connectivity index (χ3n) is 5.78. The average Bonchev–Trinajstić information content (AvgIpc) is 3.10. The number of hydrogen-bond acceptors (Lipinski definition) is 6. The minimum Gasteiger partial charge on any atom is -0.490 e. The van der Waals surface area contributed by atoms with Crippen molar-refractivity contribution in [1.29, 1.82) is 5.41 Å². The fourth-order valence-electron chi connectivity index (χ4n) is 3.99. The van der Waals surface area contributed by atoms with Crippen LogP contribution in [0.25, 0.3) is 0 Å². The number of Topliss-reactive ketones (excluding diaryl/α,β-unsaturated/α-hetero) is 1. The molecule has 1 amide bonds. The number of carbonyl (C=O) groups is 2. The van der Waals surface area contributed by atoms with Crippen LogP contribution in [0.4, 0.5) is 9.18 Å². The van der Waals surface area contributed by atoms with Crippen LogP contribution in [-0.2, 0) is 12.0 Å². The zero-order valence-electron chi connectivity index (χ0n) is 22.0. The van der Waals surface area contributed by atoms with Crippen molar-refractivity contribution in [3.8, 4) is 17.2 Å². The monoisotopic (exact) mass is 499 g/mol. The first kappa shape index (κ1) is 27.0. The number of carbonyl (C=O) groups excluding carboxylic acids is 2. The van der Waals surface area contributed by atoms with Crippen LogP contribution in [0.15, 0.2) is 24.3 Å². The highest BCUT2D eigenvalue weighted by Crippen LogP contribution is 2.39. The van der Waals surface area contributed by atoms with Gasteiger partial charge in [-0.1, -0.05) is 20.8 Å². The molecule has 36 heavy (non-hydrogen) atoms. The maximum absolute atomic E-state index is 15.3. The molecule has 0 radical (unpaired) electrons. The lowest BCUT2D eigenvalue weighted by Crippen LogP contribution is -2.31. The van der Waals surface area contributed by atoms with E-state index in [0.717, 1.165) is 0 Å². The lowest BCUT2D eigenvalue weighted by Gasteiger charge is -2.24. The maximum Gasteiger partial charge on any atom is 0.414 e. The number of hydrogen-bond donors (Lipinski definition) is 1. The number of ketones is 1. The molecule has 1 aliphatic heterocycles. The summed E-state index contributed by atoms with van der Waals surface area (Å²) in [6.45, 7) is 10.1. The second-order valence-electron chi connectivity index (χ2n) is 9.77. The second-order valence-corrected chi connectivity index (χ2v) is 9.77. The zero-order chi connectivity index (χ0) is 26.8. The summed E-state index contributed by atoms with van der Waals surface area (Å²) in [6.07, 6.45) is -0.511. The van der Waals surface area contributed by atoms with Crippen LogP contribution < -0.4 is 14.2 Å². The van der Waals surface area contributed by atoms with Gasteiger partial charge in [0.15, 0.2) is 23.1 Å². The molecule has 1 N–H and O–H groups in total. The third kappa shape index (κ3) is 5.45. The molecule has 9 heteroatoms. The zero-order valence-corrected chi connectivity index (χ0v) is 22.0. The molecule has 0 aromatic heterocycles. The van der Waals surface area contributed by atoms with Gasteiger partial charge in [0.1, 0.15) is 11.6 Å². The largest absolute Gasteiger partial charge is 0.490 e. The Hall–Kier alpha value is -3.62. The van der Waals surface area contributed by atoms with Crippen molar-refractivity contribution in [3.05, 3.63) is 52.3 Å². The first-order valence-corrected chi connectivity index (χ1v) is 11.9. The maximum atomic E-state index is 15.3. The molecular formula is C27H34FN3O5. The molecule has 2 aromatic carbocycles. The quantitative estimate of drug-likeness (QED) is 0.514. The molecule has 0 atom stereocenters. The van der Waals surface area contributed by atoms with E-state index < -0.39 is 17.3 Å². The van der Waals surface area contributed by atoms with E-state index in [1.807, 2.05) is 20.8 Å². The highest BCUT2D eigenvalue weighted by atomic mass is 19.1. The Bertz CT molecular complexity index is 1190. The molecule has 0 saturated heterocycles. The van der Waals surface area contributed by atoms with Crippen molar-refractivity contribution in [2.24, 2.45) is 0 Å². The molecule has 2 aromatic rings. The van der Waals surface area contributed by atoms with Crippen LogP contribution in [0.2, 0.25) is 0 Å². The van der Waals surface area contributed by atoms with E-state index in [4.69, 9.17) is 19.6 Å². The van der Waals surface area contributed by atoms with E-state index in [1.54, 1.807) is 52.2 Å². The predicted octanol–water partition coefficient (Wildman–Crippen LogP) is 5.00. The van der Waals surface area contributed by atoms with E-state index in [0.29, 0.717) is 29.0 Å². The van der Waals surface area contributed by atoms with Gasteiger partial charge in [-0.05, 0) is 49.1 Å². The minimum absolute atomic E-state index is 0.0197. The van der Waals surface area contributed by atoms with Crippen LogP contribution in [0.5, 0.6) is 17.2 Å². The summed E-state index contributed by atoms with van der Waals surface area (Å²) < 4.78 is 31.8.